The number of thiophene rings is 1. The summed E-state index contributed by atoms with van der Waals surface area (Å²) in [7, 11) is 0. The summed E-state index contributed by atoms with van der Waals surface area (Å²) >= 11 is 1.61. The Hall–Kier alpha value is -1.87. The zero-order chi connectivity index (χ0) is 13.7. The number of carbonyl (C=O) groups is 1. The molecule has 19 heavy (non-hydrogen) atoms. The Bertz CT molecular complexity index is 553. The van der Waals surface area contributed by atoms with Gasteiger partial charge in [0.2, 0.25) is 5.91 Å². The van der Waals surface area contributed by atoms with Gasteiger partial charge in [0.15, 0.2) is 0 Å². The van der Waals surface area contributed by atoms with Gasteiger partial charge >= 0.3 is 0 Å². The molecule has 0 bridgehead atoms. The van der Waals surface area contributed by atoms with Crippen LogP contribution in [0.15, 0.2) is 47.9 Å². The Balaban J connectivity index is 1.95. The number of nitrogens with one attached hydrogen (secondary N) is 1. The minimum atomic E-state index is -0.106. The third kappa shape index (κ3) is 4.07. The summed E-state index contributed by atoms with van der Waals surface area (Å²) in [6.07, 6.45) is 3.38. The molecule has 2 nitrogen and oxygen atoms in total. The van der Waals surface area contributed by atoms with Crippen molar-refractivity contribution in [1.29, 1.82) is 0 Å². The average Bonchev–Trinajstić information content (AvgIpc) is 2.90. The summed E-state index contributed by atoms with van der Waals surface area (Å²) in [5.74, 6) is 0.397. The van der Waals surface area contributed by atoms with E-state index in [2.05, 4.69) is 19.2 Å². The monoisotopic (exact) mass is 271 g/mol. The first-order valence-electron chi connectivity index (χ1n) is 6.27. The molecule has 1 aromatic heterocycles. The van der Waals surface area contributed by atoms with Gasteiger partial charge in [-0.05, 0) is 41.1 Å². The van der Waals surface area contributed by atoms with Gasteiger partial charge in [0.25, 0.3) is 0 Å². The summed E-state index contributed by atoms with van der Waals surface area (Å²) in [5, 5.41) is 4.84. The van der Waals surface area contributed by atoms with Crippen molar-refractivity contribution in [2.24, 2.45) is 0 Å². The molecule has 0 saturated heterocycles. The Labute approximate surface area is 117 Å². The number of hydrogen-bond donors (Lipinski definition) is 1. The molecule has 0 unspecified atom stereocenters. The van der Waals surface area contributed by atoms with E-state index < -0.39 is 0 Å². The second-order valence-corrected chi connectivity index (χ2v) is 5.59. The first-order valence-corrected chi connectivity index (χ1v) is 7.15. The van der Waals surface area contributed by atoms with Crippen LogP contribution in [0.25, 0.3) is 6.08 Å². The zero-order valence-corrected chi connectivity index (χ0v) is 11.9. The third-order valence-corrected chi connectivity index (χ3v) is 3.62. The van der Waals surface area contributed by atoms with Gasteiger partial charge in [-0.1, -0.05) is 32.0 Å². The van der Waals surface area contributed by atoms with Crippen LogP contribution in [0.1, 0.15) is 30.2 Å². The van der Waals surface area contributed by atoms with Crippen molar-refractivity contribution in [2.45, 2.75) is 19.8 Å². The van der Waals surface area contributed by atoms with E-state index in [1.54, 1.807) is 17.4 Å². The van der Waals surface area contributed by atoms with E-state index in [9.17, 15) is 4.79 Å². The first kappa shape index (κ1) is 13.6. The molecule has 0 saturated carbocycles. The highest BCUT2D eigenvalue weighted by atomic mass is 32.1. The lowest BCUT2D eigenvalue weighted by Gasteiger charge is -2.07. The third-order valence-electron chi connectivity index (χ3n) is 2.79. The van der Waals surface area contributed by atoms with Crippen molar-refractivity contribution in [3.8, 4) is 0 Å². The van der Waals surface area contributed by atoms with Crippen LogP contribution in [0.5, 0.6) is 0 Å². The van der Waals surface area contributed by atoms with Crippen LogP contribution in [-0.4, -0.2) is 5.91 Å². The molecule has 0 aliphatic rings. The van der Waals surface area contributed by atoms with E-state index in [1.807, 2.05) is 47.9 Å². The van der Waals surface area contributed by atoms with Gasteiger partial charge in [-0.15, -0.1) is 11.3 Å². The van der Waals surface area contributed by atoms with Crippen LogP contribution in [0.3, 0.4) is 0 Å². The van der Waals surface area contributed by atoms with Crippen LogP contribution in [0.2, 0.25) is 0 Å². The van der Waals surface area contributed by atoms with Crippen molar-refractivity contribution in [1.82, 2.24) is 0 Å². The number of benzene rings is 1. The fourth-order valence-electron chi connectivity index (χ4n) is 1.68. The van der Waals surface area contributed by atoms with Crippen LogP contribution < -0.4 is 5.32 Å². The molecule has 2 rings (SSSR count). The van der Waals surface area contributed by atoms with Crippen molar-refractivity contribution in [3.63, 3.8) is 0 Å². The highest BCUT2D eigenvalue weighted by molar-refractivity contribution is 7.10. The molecule has 0 radical (unpaired) electrons. The molecule has 2 aromatic rings. The van der Waals surface area contributed by atoms with E-state index in [-0.39, 0.29) is 5.91 Å². The fourth-order valence-corrected chi connectivity index (χ4v) is 2.30. The molecule has 1 N–H and O–H groups in total. The minimum absolute atomic E-state index is 0.106. The molecule has 1 aromatic carbocycles. The van der Waals surface area contributed by atoms with Gasteiger partial charge < -0.3 is 5.32 Å². The predicted molar refractivity (Wildman–Crippen MR) is 82.5 cm³/mol. The second-order valence-electron chi connectivity index (χ2n) is 4.61. The minimum Gasteiger partial charge on any atom is -0.323 e. The van der Waals surface area contributed by atoms with Gasteiger partial charge in [0, 0.05) is 16.6 Å². The maximum Gasteiger partial charge on any atom is 0.248 e. The summed E-state index contributed by atoms with van der Waals surface area (Å²) in [4.78, 5) is 12.8. The second kappa shape index (κ2) is 6.34. The molecule has 0 atom stereocenters. The number of hydrogen-bond acceptors (Lipinski definition) is 2. The summed E-state index contributed by atoms with van der Waals surface area (Å²) in [6.45, 7) is 4.30. The Kier molecular flexibility index (Phi) is 4.53. The molecular formula is C16H17NOS. The molecule has 0 aliphatic carbocycles. The van der Waals surface area contributed by atoms with Crippen LogP contribution in [0.4, 0.5) is 5.69 Å². The van der Waals surface area contributed by atoms with Crippen molar-refractivity contribution in [2.75, 3.05) is 5.32 Å². The van der Waals surface area contributed by atoms with E-state index in [1.165, 1.54) is 5.56 Å². The molecule has 98 valence electrons. The van der Waals surface area contributed by atoms with Crippen molar-refractivity contribution >= 4 is 29.0 Å². The normalized spacial score (nSPS) is 11.1. The number of anilines is 1. The molecular weight excluding hydrogens is 254 g/mol. The summed E-state index contributed by atoms with van der Waals surface area (Å²) < 4.78 is 0. The molecule has 0 aliphatic heterocycles. The number of rotatable bonds is 4. The van der Waals surface area contributed by atoms with E-state index in [0.29, 0.717) is 5.92 Å². The number of amides is 1. The van der Waals surface area contributed by atoms with E-state index in [0.717, 1.165) is 10.6 Å². The standard InChI is InChI=1S/C16H17NOS/c1-12(2)13-5-7-14(8-6-13)17-16(18)10-9-15-4-3-11-19-15/h3-12H,1-2H3,(H,17,18). The van der Waals surface area contributed by atoms with E-state index >= 15 is 0 Å². The first-order chi connectivity index (χ1) is 9.15. The smallest absolute Gasteiger partial charge is 0.248 e. The van der Waals surface area contributed by atoms with Gasteiger partial charge in [-0.3, -0.25) is 4.79 Å². The topological polar surface area (TPSA) is 29.1 Å². The fraction of sp³-hybridized carbons (Fsp3) is 0.188. The number of carbonyl (C=O) groups excluding carboxylic acids is 1. The maximum absolute atomic E-state index is 11.7. The van der Waals surface area contributed by atoms with Crippen LogP contribution in [0, 0.1) is 0 Å². The molecule has 0 fully saturated rings. The molecule has 1 amide bonds. The van der Waals surface area contributed by atoms with Gasteiger partial charge in [-0.2, -0.15) is 0 Å². The molecule has 0 spiro atoms. The maximum atomic E-state index is 11.7. The van der Waals surface area contributed by atoms with Gasteiger partial charge in [-0.25, -0.2) is 0 Å². The lowest BCUT2D eigenvalue weighted by Crippen LogP contribution is -2.07. The molecule has 3 heteroatoms. The SMILES string of the molecule is CC(C)c1ccc(NC(=O)C=Cc2cccs2)cc1. The van der Waals surface area contributed by atoms with E-state index in [4.69, 9.17) is 0 Å². The highest BCUT2D eigenvalue weighted by Crippen LogP contribution is 2.17. The average molecular weight is 271 g/mol. The van der Waals surface area contributed by atoms with Crippen molar-refractivity contribution < 1.29 is 4.79 Å². The Morgan fingerprint density at radius 3 is 2.53 bits per heavy atom. The van der Waals surface area contributed by atoms with Gasteiger partial charge in [0.1, 0.15) is 0 Å². The van der Waals surface area contributed by atoms with Crippen LogP contribution >= 0.6 is 11.3 Å². The summed E-state index contributed by atoms with van der Waals surface area (Å²) in [5.41, 5.74) is 2.09. The predicted octanol–water partition coefficient (Wildman–Crippen LogP) is 4.52. The quantitative estimate of drug-likeness (QED) is 0.814. The Morgan fingerprint density at radius 2 is 1.95 bits per heavy atom. The summed E-state index contributed by atoms with van der Waals surface area (Å²) in [6, 6.07) is 11.9. The Morgan fingerprint density at radius 1 is 1.21 bits per heavy atom. The zero-order valence-electron chi connectivity index (χ0n) is 11.1. The lowest BCUT2D eigenvalue weighted by molar-refractivity contribution is -0.111. The largest absolute Gasteiger partial charge is 0.323 e. The molecule has 1 heterocycles. The highest BCUT2D eigenvalue weighted by Gasteiger charge is 2.01. The van der Waals surface area contributed by atoms with Gasteiger partial charge in [0.05, 0.1) is 0 Å². The van der Waals surface area contributed by atoms with Crippen molar-refractivity contribution in [3.05, 3.63) is 58.3 Å². The lowest BCUT2D eigenvalue weighted by atomic mass is 10.0. The van der Waals surface area contributed by atoms with Crippen LogP contribution in [-0.2, 0) is 4.79 Å².